The Balaban J connectivity index is 2.82. The average Bonchev–Trinajstić information content (AvgIpc) is 2.30. The molecule has 0 fully saturated rings. The van der Waals surface area contributed by atoms with Crippen LogP contribution in [0, 0.1) is 0 Å². The number of pyridine rings is 1. The van der Waals surface area contributed by atoms with Crippen molar-refractivity contribution in [1.82, 2.24) is 4.98 Å². The Bertz CT molecular complexity index is 389. The summed E-state index contributed by atoms with van der Waals surface area (Å²) < 4.78 is 1.38. The number of nitrogens with zero attached hydrogens (tertiary/aromatic N) is 1. The van der Waals surface area contributed by atoms with E-state index in [1.165, 1.54) is 20.7 Å². The lowest BCUT2D eigenvalue weighted by Crippen LogP contribution is -1.74. The number of hydrogen-bond donors (Lipinski definition) is 0. The standard InChI is InChI=1S/C7H3NS/c1-2-8-5-3-6-4(1)7(5)9-6/h1-3H. The molecule has 3 heterocycles. The largest absolute Gasteiger partial charge is 0.255 e. The number of aromatic nitrogens is 1. The zero-order valence-corrected chi connectivity index (χ0v) is 5.40. The zero-order chi connectivity index (χ0) is 5.84. The highest BCUT2D eigenvalue weighted by Gasteiger charge is 2.18. The Hall–Kier alpha value is -0.890. The van der Waals surface area contributed by atoms with Crippen LogP contribution in [0.2, 0.25) is 0 Å². The fraction of sp³-hybridized carbons (Fsp3) is 0. The van der Waals surface area contributed by atoms with Gasteiger partial charge in [-0.2, -0.15) is 0 Å². The van der Waals surface area contributed by atoms with Crippen LogP contribution in [0.1, 0.15) is 0 Å². The summed E-state index contributed by atoms with van der Waals surface area (Å²) in [4.78, 5) is 5.59. The molecule has 0 spiro atoms. The maximum atomic E-state index is 4.19. The molecule has 2 aromatic heterocycles. The van der Waals surface area contributed by atoms with Crippen molar-refractivity contribution in [3.8, 4) is 10.4 Å². The van der Waals surface area contributed by atoms with E-state index in [9.17, 15) is 0 Å². The van der Waals surface area contributed by atoms with E-state index in [0.29, 0.717) is 0 Å². The monoisotopic (exact) mass is 133 g/mol. The van der Waals surface area contributed by atoms with Crippen molar-refractivity contribution in [3.05, 3.63) is 18.3 Å². The summed E-state index contributed by atoms with van der Waals surface area (Å²) in [6.45, 7) is 0. The minimum atomic E-state index is 1.17. The quantitative estimate of drug-likeness (QED) is 0.458. The first-order valence-electron chi connectivity index (χ1n) is 2.84. The molecule has 0 saturated heterocycles. The van der Waals surface area contributed by atoms with E-state index in [2.05, 4.69) is 17.1 Å². The Morgan fingerprint density at radius 2 is 2.44 bits per heavy atom. The fourth-order valence-corrected chi connectivity index (χ4v) is 2.24. The van der Waals surface area contributed by atoms with Crippen LogP contribution >= 0.6 is 11.3 Å². The predicted molar refractivity (Wildman–Crippen MR) is 38.6 cm³/mol. The molecule has 0 aromatic carbocycles. The zero-order valence-electron chi connectivity index (χ0n) is 4.59. The van der Waals surface area contributed by atoms with E-state index in [1.54, 1.807) is 0 Å². The molecule has 0 atom stereocenters. The van der Waals surface area contributed by atoms with Crippen molar-refractivity contribution in [2.45, 2.75) is 0 Å². The topological polar surface area (TPSA) is 12.9 Å². The molecule has 9 heavy (non-hydrogen) atoms. The molecule has 0 unspecified atom stereocenters. The lowest BCUT2D eigenvalue weighted by atomic mass is 10.3. The van der Waals surface area contributed by atoms with Crippen molar-refractivity contribution in [2.75, 3.05) is 0 Å². The molecule has 0 N–H and O–H groups in total. The van der Waals surface area contributed by atoms with Gasteiger partial charge in [-0.25, -0.2) is 0 Å². The van der Waals surface area contributed by atoms with Gasteiger partial charge in [0.2, 0.25) is 0 Å². The van der Waals surface area contributed by atoms with E-state index < -0.39 is 0 Å². The van der Waals surface area contributed by atoms with Gasteiger partial charge in [0.05, 0.1) is 10.2 Å². The fourth-order valence-electron chi connectivity index (χ4n) is 1.22. The molecule has 2 aromatic rings. The molecular formula is C7H3NS. The van der Waals surface area contributed by atoms with Gasteiger partial charge in [-0.3, -0.25) is 4.98 Å². The smallest absolute Gasteiger partial charge is 0.0822 e. The molecule has 1 aliphatic heterocycles. The van der Waals surface area contributed by atoms with Crippen LogP contribution in [0.25, 0.3) is 20.7 Å². The van der Waals surface area contributed by atoms with Crippen molar-refractivity contribution in [1.29, 1.82) is 0 Å². The van der Waals surface area contributed by atoms with Gasteiger partial charge in [0.15, 0.2) is 0 Å². The molecule has 0 radical (unpaired) electrons. The summed E-state index contributed by atoms with van der Waals surface area (Å²) in [7, 11) is 0. The maximum absolute atomic E-state index is 4.19. The van der Waals surface area contributed by atoms with Gasteiger partial charge in [-0.05, 0) is 12.1 Å². The third kappa shape index (κ3) is 0.294. The van der Waals surface area contributed by atoms with Crippen LogP contribution in [0.3, 0.4) is 0 Å². The van der Waals surface area contributed by atoms with Crippen molar-refractivity contribution < 1.29 is 0 Å². The SMILES string of the molecule is c1cc2c3sc-2cc3n1. The first-order chi connectivity index (χ1) is 4.45. The lowest BCUT2D eigenvalue weighted by molar-refractivity contribution is 1.44. The summed E-state index contributed by atoms with van der Waals surface area (Å²) in [6.07, 6.45) is 1.87. The molecule has 4 bridgehead atoms. The van der Waals surface area contributed by atoms with Gasteiger partial charge in [0.25, 0.3) is 0 Å². The summed E-state index contributed by atoms with van der Waals surface area (Å²) >= 11 is 1.85. The van der Waals surface area contributed by atoms with E-state index in [0.717, 1.165) is 0 Å². The maximum Gasteiger partial charge on any atom is 0.0822 e. The molecule has 42 valence electrons. The van der Waals surface area contributed by atoms with Crippen molar-refractivity contribution in [2.24, 2.45) is 0 Å². The Labute approximate surface area is 56.0 Å². The van der Waals surface area contributed by atoms with Gasteiger partial charge in [-0.15, -0.1) is 11.3 Å². The van der Waals surface area contributed by atoms with E-state index >= 15 is 0 Å². The van der Waals surface area contributed by atoms with Crippen molar-refractivity contribution >= 4 is 21.6 Å². The normalized spacial score (nSPS) is 12.4. The van der Waals surface area contributed by atoms with E-state index in [1.807, 2.05) is 17.5 Å². The average molecular weight is 133 g/mol. The van der Waals surface area contributed by atoms with Crippen LogP contribution in [0.15, 0.2) is 18.3 Å². The lowest BCUT2D eigenvalue weighted by Gasteiger charge is -2.00. The third-order valence-electron chi connectivity index (χ3n) is 1.68. The number of thiophene rings is 1. The first-order valence-corrected chi connectivity index (χ1v) is 3.66. The summed E-state index contributed by atoms with van der Waals surface area (Å²) in [5.74, 6) is 0. The van der Waals surface area contributed by atoms with Gasteiger partial charge in [-0.1, -0.05) is 0 Å². The minimum Gasteiger partial charge on any atom is -0.255 e. The second kappa shape index (κ2) is 1.02. The van der Waals surface area contributed by atoms with Crippen LogP contribution < -0.4 is 0 Å². The Morgan fingerprint density at radius 3 is 3.22 bits per heavy atom. The minimum absolute atomic E-state index is 1.17. The van der Waals surface area contributed by atoms with Gasteiger partial charge in [0, 0.05) is 16.6 Å². The molecule has 0 amide bonds. The summed E-state index contributed by atoms with van der Waals surface area (Å²) in [5, 5.41) is 0. The highest BCUT2D eigenvalue weighted by molar-refractivity contribution is 7.26. The van der Waals surface area contributed by atoms with E-state index in [-0.39, 0.29) is 0 Å². The highest BCUT2D eigenvalue weighted by atomic mass is 32.1. The Kier molecular flexibility index (Phi) is 0.456. The highest BCUT2D eigenvalue weighted by Crippen LogP contribution is 2.46. The molecule has 1 aliphatic carbocycles. The molecular weight excluding hydrogens is 130 g/mol. The number of rotatable bonds is 0. The Morgan fingerprint density at radius 1 is 1.44 bits per heavy atom. The molecule has 0 saturated carbocycles. The number of hydrogen-bond acceptors (Lipinski definition) is 2. The van der Waals surface area contributed by atoms with E-state index in [4.69, 9.17) is 0 Å². The van der Waals surface area contributed by atoms with Crippen LogP contribution in [0.4, 0.5) is 0 Å². The molecule has 2 aliphatic rings. The summed E-state index contributed by atoms with van der Waals surface area (Å²) in [5.41, 5.74) is 2.58. The van der Waals surface area contributed by atoms with Crippen molar-refractivity contribution in [3.63, 3.8) is 0 Å². The van der Waals surface area contributed by atoms with Gasteiger partial charge in [0.1, 0.15) is 0 Å². The predicted octanol–water partition coefficient (Wildman–Crippen LogP) is 2.28. The van der Waals surface area contributed by atoms with Crippen LogP contribution in [-0.4, -0.2) is 4.98 Å². The summed E-state index contributed by atoms with van der Waals surface area (Å²) in [6, 6.07) is 4.23. The molecule has 2 heteroatoms. The van der Waals surface area contributed by atoms with Gasteiger partial charge < -0.3 is 0 Å². The second-order valence-corrected chi connectivity index (χ2v) is 3.24. The van der Waals surface area contributed by atoms with Crippen LogP contribution in [-0.2, 0) is 0 Å². The second-order valence-electron chi connectivity index (χ2n) is 2.18. The first kappa shape index (κ1) is 4.01. The third-order valence-corrected chi connectivity index (χ3v) is 2.87. The molecule has 4 rings (SSSR count). The van der Waals surface area contributed by atoms with Crippen LogP contribution in [0.5, 0.6) is 0 Å². The van der Waals surface area contributed by atoms with Gasteiger partial charge >= 0.3 is 0 Å². The molecule has 1 nitrogen and oxygen atoms in total.